The summed E-state index contributed by atoms with van der Waals surface area (Å²) in [6.45, 7) is 0. The third-order valence-electron chi connectivity index (χ3n) is 3.49. The molecule has 0 atom stereocenters. The zero-order valence-electron chi connectivity index (χ0n) is 9.08. The van der Waals surface area contributed by atoms with Crippen LogP contribution in [0.2, 0.25) is 0 Å². The Morgan fingerprint density at radius 3 is 1.93 bits per heavy atom. The minimum Gasteiger partial charge on any atom is -0.278 e. The van der Waals surface area contributed by atoms with Gasteiger partial charge in [-0.3, -0.25) is 4.84 Å². The fourth-order valence-corrected chi connectivity index (χ4v) is 2.53. The van der Waals surface area contributed by atoms with Gasteiger partial charge in [0.1, 0.15) is 0 Å². The highest BCUT2D eigenvalue weighted by Gasteiger charge is 2.19. The molecule has 2 rings (SSSR count). The fraction of sp³-hybridized carbons (Fsp3) is 1.00. The number of rotatable bonds is 3. The molecular formula is C12H22NO. The van der Waals surface area contributed by atoms with E-state index in [9.17, 15) is 0 Å². The molecule has 0 saturated heterocycles. The van der Waals surface area contributed by atoms with Crippen LogP contribution in [-0.2, 0) is 4.84 Å². The van der Waals surface area contributed by atoms with E-state index in [-0.39, 0.29) is 0 Å². The minimum atomic E-state index is 0.450. The van der Waals surface area contributed by atoms with E-state index in [4.69, 9.17) is 4.84 Å². The van der Waals surface area contributed by atoms with Crippen molar-refractivity contribution in [3.63, 3.8) is 0 Å². The Bertz CT molecular complexity index is 130. The van der Waals surface area contributed by atoms with E-state index >= 15 is 0 Å². The molecule has 2 fully saturated rings. The molecule has 2 saturated carbocycles. The van der Waals surface area contributed by atoms with Gasteiger partial charge in [0.15, 0.2) is 0 Å². The second-order valence-electron chi connectivity index (χ2n) is 4.76. The molecule has 81 valence electrons. The lowest BCUT2D eigenvalue weighted by molar-refractivity contribution is -0.0707. The van der Waals surface area contributed by atoms with Crippen LogP contribution in [0.1, 0.15) is 64.2 Å². The van der Waals surface area contributed by atoms with Gasteiger partial charge in [-0.1, -0.05) is 44.0 Å². The van der Waals surface area contributed by atoms with Crippen LogP contribution in [0, 0.1) is 0 Å². The smallest absolute Gasteiger partial charge is 0.0811 e. The molecule has 0 aromatic carbocycles. The molecule has 0 aromatic heterocycles. The highest BCUT2D eigenvalue weighted by atomic mass is 16.7. The molecule has 0 heterocycles. The molecule has 0 bridgehead atoms. The van der Waals surface area contributed by atoms with Crippen molar-refractivity contribution in [3.05, 3.63) is 0 Å². The van der Waals surface area contributed by atoms with Gasteiger partial charge in [0.25, 0.3) is 0 Å². The Kier molecular flexibility index (Phi) is 4.26. The molecule has 0 aliphatic heterocycles. The van der Waals surface area contributed by atoms with Crippen LogP contribution < -0.4 is 5.48 Å². The van der Waals surface area contributed by atoms with Crippen molar-refractivity contribution in [2.24, 2.45) is 0 Å². The Labute approximate surface area is 87.4 Å². The lowest BCUT2D eigenvalue weighted by atomic mass is 9.96. The Morgan fingerprint density at radius 2 is 1.29 bits per heavy atom. The average Bonchev–Trinajstić information content (AvgIpc) is 2.29. The SMILES string of the molecule is C1CCC([N]OC2CCCCC2)CC1. The number of hydroxylamine groups is 1. The first-order chi connectivity index (χ1) is 6.95. The van der Waals surface area contributed by atoms with Crippen LogP contribution in [0.5, 0.6) is 0 Å². The van der Waals surface area contributed by atoms with Crippen LogP contribution in [0.25, 0.3) is 0 Å². The molecule has 0 N–H and O–H groups in total. The number of hydrogen-bond donors (Lipinski definition) is 0. The molecule has 2 nitrogen and oxygen atoms in total. The van der Waals surface area contributed by atoms with Gasteiger partial charge < -0.3 is 0 Å². The van der Waals surface area contributed by atoms with E-state index in [0.717, 1.165) is 0 Å². The molecule has 0 aromatic rings. The van der Waals surface area contributed by atoms with Gasteiger partial charge in [-0.2, -0.15) is 0 Å². The highest BCUT2D eigenvalue weighted by Crippen LogP contribution is 2.22. The zero-order valence-corrected chi connectivity index (χ0v) is 9.08. The van der Waals surface area contributed by atoms with Crippen molar-refractivity contribution in [2.45, 2.75) is 76.4 Å². The van der Waals surface area contributed by atoms with Gasteiger partial charge in [-0.05, 0) is 25.7 Å². The van der Waals surface area contributed by atoms with Crippen LogP contribution in [-0.4, -0.2) is 12.1 Å². The summed E-state index contributed by atoms with van der Waals surface area (Å²) in [5.74, 6) is 0. The summed E-state index contributed by atoms with van der Waals surface area (Å²) in [6.07, 6.45) is 13.6. The molecule has 14 heavy (non-hydrogen) atoms. The molecule has 0 amide bonds. The first-order valence-corrected chi connectivity index (χ1v) is 6.31. The van der Waals surface area contributed by atoms with Crippen molar-refractivity contribution >= 4 is 0 Å². The molecule has 0 spiro atoms. The molecule has 0 unspecified atom stereocenters. The van der Waals surface area contributed by atoms with Gasteiger partial charge >= 0.3 is 0 Å². The fourth-order valence-electron chi connectivity index (χ4n) is 2.53. The summed E-state index contributed by atoms with van der Waals surface area (Å²) < 4.78 is 0. The quantitative estimate of drug-likeness (QED) is 0.636. The average molecular weight is 196 g/mol. The molecule has 2 aliphatic carbocycles. The van der Waals surface area contributed by atoms with E-state index in [0.29, 0.717) is 12.1 Å². The minimum absolute atomic E-state index is 0.450. The van der Waals surface area contributed by atoms with E-state index in [2.05, 4.69) is 5.48 Å². The maximum atomic E-state index is 5.65. The van der Waals surface area contributed by atoms with Gasteiger partial charge in [0, 0.05) is 0 Å². The van der Waals surface area contributed by atoms with Crippen molar-refractivity contribution in [1.29, 1.82) is 0 Å². The second kappa shape index (κ2) is 5.72. The van der Waals surface area contributed by atoms with Gasteiger partial charge in [-0.15, -0.1) is 0 Å². The zero-order chi connectivity index (χ0) is 9.64. The summed E-state index contributed by atoms with van der Waals surface area (Å²) in [4.78, 5) is 5.65. The first-order valence-electron chi connectivity index (χ1n) is 6.31. The summed E-state index contributed by atoms with van der Waals surface area (Å²) in [7, 11) is 0. The Hall–Kier alpha value is -0.0800. The predicted molar refractivity (Wildman–Crippen MR) is 57.0 cm³/mol. The summed E-state index contributed by atoms with van der Waals surface area (Å²) >= 11 is 0. The topological polar surface area (TPSA) is 23.3 Å². The third-order valence-corrected chi connectivity index (χ3v) is 3.49. The lowest BCUT2D eigenvalue weighted by Crippen LogP contribution is -2.30. The normalized spacial score (nSPS) is 26.6. The standard InChI is InChI=1S/C12H22NO/c1-3-7-11(8-4-1)13-14-12-9-5-2-6-10-12/h11-12H,1-10H2. The largest absolute Gasteiger partial charge is 0.278 e. The maximum absolute atomic E-state index is 5.65. The summed E-state index contributed by atoms with van der Waals surface area (Å²) in [6, 6.07) is 0.519. The molecule has 1 radical (unpaired) electrons. The molecule has 2 heteroatoms. The van der Waals surface area contributed by atoms with Gasteiger partial charge in [0.05, 0.1) is 12.1 Å². The second-order valence-corrected chi connectivity index (χ2v) is 4.76. The Morgan fingerprint density at radius 1 is 0.714 bits per heavy atom. The predicted octanol–water partition coefficient (Wildman–Crippen LogP) is 3.19. The first kappa shape index (κ1) is 10.4. The van der Waals surface area contributed by atoms with Crippen molar-refractivity contribution < 1.29 is 4.84 Å². The van der Waals surface area contributed by atoms with Crippen molar-refractivity contribution in [1.82, 2.24) is 5.48 Å². The van der Waals surface area contributed by atoms with E-state index in [1.807, 2.05) is 0 Å². The van der Waals surface area contributed by atoms with E-state index in [1.54, 1.807) is 0 Å². The van der Waals surface area contributed by atoms with Crippen LogP contribution in [0.3, 0.4) is 0 Å². The third kappa shape index (κ3) is 3.25. The highest BCUT2D eigenvalue weighted by molar-refractivity contribution is 4.69. The van der Waals surface area contributed by atoms with Gasteiger partial charge in [-0.25, -0.2) is 0 Å². The molecule has 2 aliphatic rings. The van der Waals surface area contributed by atoms with Crippen molar-refractivity contribution in [3.8, 4) is 0 Å². The summed E-state index contributed by atoms with van der Waals surface area (Å²) in [5.41, 5.74) is 4.41. The number of nitrogens with zero attached hydrogens (tertiary/aromatic N) is 1. The molecular weight excluding hydrogens is 174 g/mol. The van der Waals surface area contributed by atoms with Crippen LogP contribution in [0.4, 0.5) is 0 Å². The number of hydrogen-bond acceptors (Lipinski definition) is 1. The monoisotopic (exact) mass is 196 g/mol. The lowest BCUT2D eigenvalue weighted by Gasteiger charge is -2.25. The van der Waals surface area contributed by atoms with Crippen LogP contribution in [0.15, 0.2) is 0 Å². The maximum Gasteiger partial charge on any atom is 0.0811 e. The van der Waals surface area contributed by atoms with Crippen molar-refractivity contribution in [2.75, 3.05) is 0 Å². The van der Waals surface area contributed by atoms with E-state index < -0.39 is 0 Å². The Balaban J connectivity index is 1.60. The van der Waals surface area contributed by atoms with Crippen LogP contribution >= 0.6 is 0 Å². The van der Waals surface area contributed by atoms with E-state index in [1.165, 1.54) is 64.2 Å². The summed E-state index contributed by atoms with van der Waals surface area (Å²) in [5, 5.41) is 0. The van der Waals surface area contributed by atoms with Gasteiger partial charge in [0.2, 0.25) is 0 Å².